The molecule has 2 aliphatic carbocycles. The Balaban J connectivity index is 0.000000126. The third-order valence-corrected chi connectivity index (χ3v) is 4.12. The van der Waals surface area contributed by atoms with Crippen LogP contribution in [0.15, 0.2) is 42.6 Å². The molecule has 1 aromatic heterocycles. The molecule has 4 rings (SSSR count). The maximum absolute atomic E-state index is 5.24. The number of nitrogens with zero attached hydrogens (tertiary/aromatic N) is 1. The van der Waals surface area contributed by atoms with E-state index in [0.29, 0.717) is 5.82 Å². The van der Waals surface area contributed by atoms with Crippen molar-refractivity contribution in [2.45, 2.75) is 25.7 Å². The fraction of sp³-hybridized carbons (Fsp3) is 0.294. The fourth-order valence-corrected chi connectivity index (χ4v) is 2.99. The first-order chi connectivity index (χ1) is 10.1. The number of hydrogen-bond donors (Lipinski definition) is 2. The number of anilines is 1. The van der Waals surface area contributed by atoms with Crippen molar-refractivity contribution in [3.05, 3.63) is 59.3 Å². The van der Waals surface area contributed by atoms with Gasteiger partial charge >= 0.3 is 0 Å². The summed E-state index contributed by atoms with van der Waals surface area (Å²) in [5, 5.41) is 2.97. The Bertz CT molecular complexity index is 651. The quantitative estimate of drug-likeness (QED) is 0.792. The largest absolute Gasteiger partial charge is 0.376 e. The molecule has 21 heavy (non-hydrogen) atoms. The zero-order valence-corrected chi connectivity index (χ0v) is 12.9. The summed E-state index contributed by atoms with van der Waals surface area (Å²) in [6, 6.07) is 12.7. The van der Waals surface area contributed by atoms with E-state index in [9.17, 15) is 0 Å². The van der Waals surface area contributed by atoms with Gasteiger partial charge in [0.15, 0.2) is 5.11 Å². The zero-order chi connectivity index (χ0) is 14.8. The van der Waals surface area contributed by atoms with Crippen molar-refractivity contribution in [1.29, 1.82) is 0 Å². The van der Waals surface area contributed by atoms with E-state index in [0.717, 1.165) is 17.4 Å². The second-order valence-corrected chi connectivity index (χ2v) is 6.16. The van der Waals surface area contributed by atoms with E-state index in [2.05, 4.69) is 46.8 Å². The molecule has 1 aromatic carbocycles. The lowest BCUT2D eigenvalue weighted by Gasteiger charge is -2.01. The molecule has 1 saturated carbocycles. The molecular weight excluding hydrogens is 278 g/mol. The number of fused-ring (bicyclic) bond motifs is 3. The van der Waals surface area contributed by atoms with Crippen molar-refractivity contribution in [2.24, 2.45) is 11.7 Å². The van der Waals surface area contributed by atoms with Gasteiger partial charge in [0.05, 0.1) is 0 Å². The van der Waals surface area contributed by atoms with Crippen LogP contribution in [0.1, 0.15) is 29.0 Å². The van der Waals surface area contributed by atoms with Crippen LogP contribution in [0, 0.1) is 12.8 Å². The van der Waals surface area contributed by atoms with Crippen LogP contribution < -0.4 is 11.1 Å². The topological polar surface area (TPSA) is 50.9 Å². The number of nitrogens with one attached hydrogen (secondary N) is 1. The Kier molecular flexibility index (Phi) is 3.88. The first-order valence-corrected chi connectivity index (χ1v) is 7.61. The van der Waals surface area contributed by atoms with Crippen LogP contribution in [0.25, 0.3) is 0 Å². The van der Waals surface area contributed by atoms with Crippen molar-refractivity contribution in [3.8, 4) is 0 Å². The van der Waals surface area contributed by atoms with E-state index >= 15 is 0 Å². The van der Waals surface area contributed by atoms with Gasteiger partial charge in [-0.3, -0.25) is 0 Å². The van der Waals surface area contributed by atoms with E-state index in [1.165, 1.54) is 12.8 Å². The summed E-state index contributed by atoms with van der Waals surface area (Å²) in [6.45, 7) is 1.97. The van der Waals surface area contributed by atoms with Crippen LogP contribution in [-0.2, 0) is 6.42 Å². The highest BCUT2D eigenvalue weighted by molar-refractivity contribution is 7.80. The second-order valence-electron chi connectivity index (χ2n) is 5.72. The Morgan fingerprint density at radius 2 is 2.10 bits per heavy atom. The van der Waals surface area contributed by atoms with Crippen molar-refractivity contribution >= 4 is 23.1 Å². The summed E-state index contributed by atoms with van der Waals surface area (Å²) in [7, 11) is 0. The van der Waals surface area contributed by atoms with Gasteiger partial charge in [-0.25, -0.2) is 4.98 Å². The number of benzene rings is 1. The molecule has 0 saturated heterocycles. The molecule has 2 aromatic rings. The molecule has 2 atom stereocenters. The van der Waals surface area contributed by atoms with Crippen LogP contribution in [0.2, 0.25) is 0 Å². The molecule has 0 radical (unpaired) electrons. The van der Waals surface area contributed by atoms with Crippen LogP contribution in [0.3, 0.4) is 0 Å². The SMILES string of the molecule is Cc1ccc(NC(N)=S)nc1.c1ccc2c(c1)C[C@@H]1C[C@H]21. The lowest BCUT2D eigenvalue weighted by molar-refractivity contribution is 0.857. The van der Waals surface area contributed by atoms with Gasteiger partial charge in [-0.15, -0.1) is 0 Å². The number of aryl methyl sites for hydroxylation is 1. The Morgan fingerprint density at radius 1 is 1.29 bits per heavy atom. The Morgan fingerprint density at radius 3 is 2.76 bits per heavy atom. The molecule has 3 nitrogen and oxygen atoms in total. The number of thiocarbonyl (C=S) groups is 1. The minimum absolute atomic E-state index is 0.237. The van der Waals surface area contributed by atoms with Gasteiger partial charge in [0, 0.05) is 6.20 Å². The lowest BCUT2D eigenvalue weighted by Crippen LogP contribution is -2.19. The molecule has 1 fully saturated rings. The van der Waals surface area contributed by atoms with Crippen molar-refractivity contribution in [1.82, 2.24) is 4.98 Å². The summed E-state index contributed by atoms with van der Waals surface area (Å²) in [6.07, 6.45) is 4.58. The molecule has 0 unspecified atom stereocenters. The van der Waals surface area contributed by atoms with E-state index in [-0.39, 0.29) is 5.11 Å². The molecular formula is C17H19N3S. The molecule has 1 heterocycles. The molecule has 108 valence electrons. The zero-order valence-electron chi connectivity index (χ0n) is 12.0. The summed E-state index contributed by atoms with van der Waals surface area (Å²) in [5.41, 5.74) is 9.61. The van der Waals surface area contributed by atoms with Crippen LogP contribution >= 0.6 is 12.2 Å². The third-order valence-electron chi connectivity index (χ3n) is 4.02. The molecule has 2 aliphatic rings. The second kappa shape index (κ2) is 5.82. The maximum Gasteiger partial charge on any atom is 0.169 e. The van der Waals surface area contributed by atoms with Crippen LogP contribution in [0.5, 0.6) is 0 Å². The summed E-state index contributed by atoms with van der Waals surface area (Å²) < 4.78 is 0. The minimum atomic E-state index is 0.237. The standard InChI is InChI=1S/C10H10.C7H9N3S/c1-2-4-9-7(3-1)5-8-6-10(8)9;1-5-2-3-6(9-4-5)10-7(8)11/h1-4,8,10H,5-6H2;2-4H,1H3,(H3,8,9,10,11)/t8-,10+;/m1./s1. The number of pyridine rings is 1. The first kappa shape index (κ1) is 14.0. The van der Waals surface area contributed by atoms with Gasteiger partial charge in [0.2, 0.25) is 0 Å². The van der Waals surface area contributed by atoms with Crippen molar-refractivity contribution in [2.75, 3.05) is 5.32 Å². The monoisotopic (exact) mass is 297 g/mol. The summed E-state index contributed by atoms with van der Waals surface area (Å²) >= 11 is 4.64. The molecule has 4 heteroatoms. The number of nitrogens with two attached hydrogens (primary N) is 1. The molecule has 0 bridgehead atoms. The highest BCUT2D eigenvalue weighted by Crippen LogP contribution is 2.55. The average molecular weight is 297 g/mol. The van der Waals surface area contributed by atoms with E-state index in [1.807, 2.05) is 19.1 Å². The Hall–Kier alpha value is -1.94. The lowest BCUT2D eigenvalue weighted by atomic mass is 10.1. The fourth-order valence-electron chi connectivity index (χ4n) is 2.89. The highest BCUT2D eigenvalue weighted by atomic mass is 32.1. The summed E-state index contributed by atoms with van der Waals surface area (Å²) in [4.78, 5) is 4.04. The van der Waals surface area contributed by atoms with E-state index in [1.54, 1.807) is 17.3 Å². The minimum Gasteiger partial charge on any atom is -0.376 e. The molecule has 0 spiro atoms. The van der Waals surface area contributed by atoms with Gasteiger partial charge in [-0.1, -0.05) is 30.3 Å². The summed E-state index contributed by atoms with van der Waals surface area (Å²) in [5.74, 6) is 2.69. The molecule has 0 aliphatic heterocycles. The smallest absolute Gasteiger partial charge is 0.169 e. The van der Waals surface area contributed by atoms with Gasteiger partial charge in [-0.05, 0) is 66.6 Å². The predicted octanol–water partition coefficient (Wildman–Crippen LogP) is 3.39. The molecule has 0 amide bonds. The van der Waals surface area contributed by atoms with Crippen LogP contribution in [0.4, 0.5) is 5.82 Å². The average Bonchev–Trinajstić information content (AvgIpc) is 3.14. The van der Waals surface area contributed by atoms with Gasteiger partial charge < -0.3 is 11.1 Å². The highest BCUT2D eigenvalue weighted by Gasteiger charge is 2.44. The Labute approximate surface area is 130 Å². The van der Waals surface area contributed by atoms with Crippen molar-refractivity contribution in [3.63, 3.8) is 0 Å². The van der Waals surface area contributed by atoms with Crippen LogP contribution in [-0.4, -0.2) is 10.1 Å². The number of rotatable bonds is 1. The maximum atomic E-state index is 5.24. The molecule has 3 N–H and O–H groups in total. The first-order valence-electron chi connectivity index (χ1n) is 7.20. The number of aromatic nitrogens is 1. The van der Waals surface area contributed by atoms with Crippen molar-refractivity contribution < 1.29 is 0 Å². The van der Waals surface area contributed by atoms with Gasteiger partial charge in [0.1, 0.15) is 5.82 Å². The third kappa shape index (κ3) is 3.39. The van der Waals surface area contributed by atoms with E-state index in [4.69, 9.17) is 5.73 Å². The predicted molar refractivity (Wildman–Crippen MR) is 90.4 cm³/mol. The number of hydrogen-bond acceptors (Lipinski definition) is 2. The van der Waals surface area contributed by atoms with Gasteiger partial charge in [0.25, 0.3) is 0 Å². The van der Waals surface area contributed by atoms with E-state index < -0.39 is 0 Å². The normalized spacial score (nSPS) is 20.6. The van der Waals surface area contributed by atoms with Gasteiger partial charge in [-0.2, -0.15) is 0 Å².